The molecule has 0 saturated carbocycles. The molecule has 2 aromatic rings. The summed E-state index contributed by atoms with van der Waals surface area (Å²) in [7, 11) is 1.61. The van der Waals surface area contributed by atoms with E-state index in [1.54, 1.807) is 37.4 Å². The molecule has 0 amide bonds. The Morgan fingerprint density at radius 3 is 2.25 bits per heavy atom. The van der Waals surface area contributed by atoms with Crippen molar-refractivity contribution >= 4 is 11.6 Å². The molecule has 0 spiro atoms. The van der Waals surface area contributed by atoms with Gasteiger partial charge in [0.25, 0.3) is 0 Å². The maximum absolute atomic E-state index is 13.1. The maximum atomic E-state index is 13.1. The highest BCUT2D eigenvalue weighted by molar-refractivity contribution is 6.29. The van der Waals surface area contributed by atoms with Crippen LogP contribution in [-0.2, 0) is 6.54 Å². The molecule has 24 heavy (non-hydrogen) atoms. The number of likely N-dealkylation sites (tertiary alicyclic amines) is 1. The largest absolute Gasteiger partial charge is 0.496 e. The van der Waals surface area contributed by atoms with Crippen LogP contribution >= 0.6 is 0 Å². The van der Waals surface area contributed by atoms with Crippen LogP contribution in [0.25, 0.3) is 0 Å². The van der Waals surface area contributed by atoms with Crippen LogP contribution in [0.4, 0.5) is 0 Å². The van der Waals surface area contributed by atoms with Crippen LogP contribution < -0.4 is 4.74 Å². The van der Waals surface area contributed by atoms with E-state index in [4.69, 9.17) is 4.74 Å². The summed E-state index contributed by atoms with van der Waals surface area (Å²) in [5.74, 6) is 0.528. The van der Waals surface area contributed by atoms with Gasteiger partial charge in [-0.15, -0.1) is 0 Å². The van der Waals surface area contributed by atoms with E-state index in [1.807, 2.05) is 6.07 Å². The van der Waals surface area contributed by atoms with Gasteiger partial charge in [0.05, 0.1) is 7.11 Å². The second-order valence-corrected chi connectivity index (χ2v) is 6.36. The standard InChI is InChI=1S/C20H19NO3/c1-24-17-9-8-15-18(16(17)12-21-10-4-5-11-21)20(23)14-7-3-2-6-13(14)19(15)22/h2-3,6-9H,4-5,10-12H2,1H3. The number of carbonyl (C=O) groups is 2. The van der Waals surface area contributed by atoms with Crippen molar-refractivity contribution in [3.63, 3.8) is 0 Å². The van der Waals surface area contributed by atoms with Crippen molar-refractivity contribution in [2.75, 3.05) is 20.2 Å². The van der Waals surface area contributed by atoms with Crippen LogP contribution in [0.5, 0.6) is 5.75 Å². The molecule has 4 heteroatoms. The summed E-state index contributed by atoms with van der Waals surface area (Å²) >= 11 is 0. The van der Waals surface area contributed by atoms with Crippen molar-refractivity contribution in [1.82, 2.24) is 4.90 Å². The molecule has 0 atom stereocenters. The van der Waals surface area contributed by atoms with Crippen LogP contribution in [0.1, 0.15) is 50.2 Å². The highest BCUT2D eigenvalue weighted by Crippen LogP contribution is 2.35. The van der Waals surface area contributed by atoms with Crippen LogP contribution in [0, 0.1) is 0 Å². The zero-order chi connectivity index (χ0) is 16.7. The van der Waals surface area contributed by atoms with Gasteiger partial charge < -0.3 is 4.74 Å². The fourth-order valence-corrected chi connectivity index (χ4v) is 3.75. The zero-order valence-corrected chi connectivity index (χ0v) is 13.7. The molecule has 0 bridgehead atoms. The van der Waals surface area contributed by atoms with Gasteiger partial charge in [-0.3, -0.25) is 14.5 Å². The predicted octanol–water partition coefficient (Wildman–Crippen LogP) is 3.07. The first-order valence-corrected chi connectivity index (χ1v) is 8.31. The minimum atomic E-state index is -0.0782. The van der Waals surface area contributed by atoms with Crippen molar-refractivity contribution < 1.29 is 14.3 Å². The molecule has 1 saturated heterocycles. The molecule has 2 aliphatic rings. The summed E-state index contributed by atoms with van der Waals surface area (Å²) in [5, 5.41) is 0. The Kier molecular flexibility index (Phi) is 3.69. The van der Waals surface area contributed by atoms with Gasteiger partial charge in [-0.25, -0.2) is 0 Å². The first-order valence-electron chi connectivity index (χ1n) is 8.31. The second-order valence-electron chi connectivity index (χ2n) is 6.36. The van der Waals surface area contributed by atoms with Crippen LogP contribution in [0.15, 0.2) is 36.4 Å². The van der Waals surface area contributed by atoms with Crippen LogP contribution in [0.2, 0.25) is 0 Å². The van der Waals surface area contributed by atoms with Gasteiger partial charge in [-0.1, -0.05) is 24.3 Å². The van der Waals surface area contributed by atoms with Gasteiger partial charge in [-0.2, -0.15) is 0 Å². The van der Waals surface area contributed by atoms with Crippen molar-refractivity contribution in [1.29, 1.82) is 0 Å². The quantitative estimate of drug-likeness (QED) is 0.744. The number of hydrogen-bond acceptors (Lipinski definition) is 4. The zero-order valence-electron chi connectivity index (χ0n) is 13.7. The predicted molar refractivity (Wildman–Crippen MR) is 90.8 cm³/mol. The fourth-order valence-electron chi connectivity index (χ4n) is 3.75. The van der Waals surface area contributed by atoms with Crippen LogP contribution in [0.3, 0.4) is 0 Å². The molecule has 1 heterocycles. The molecule has 0 radical (unpaired) electrons. The monoisotopic (exact) mass is 321 g/mol. The minimum absolute atomic E-state index is 0.0757. The highest BCUT2D eigenvalue weighted by atomic mass is 16.5. The highest BCUT2D eigenvalue weighted by Gasteiger charge is 2.33. The van der Waals surface area contributed by atoms with Gasteiger partial charge in [-0.05, 0) is 38.1 Å². The molecule has 122 valence electrons. The summed E-state index contributed by atoms with van der Waals surface area (Å²) in [6, 6.07) is 10.6. The molecule has 0 unspecified atom stereocenters. The summed E-state index contributed by atoms with van der Waals surface area (Å²) in [5.41, 5.74) is 2.83. The number of ketones is 2. The Bertz CT molecular complexity index is 835. The average Bonchev–Trinajstić information content (AvgIpc) is 3.12. The molecule has 1 aliphatic carbocycles. The Hall–Kier alpha value is -2.46. The molecule has 1 fully saturated rings. The molecule has 0 N–H and O–H groups in total. The molecule has 4 rings (SSSR count). The van der Waals surface area contributed by atoms with E-state index < -0.39 is 0 Å². The van der Waals surface area contributed by atoms with Gasteiger partial charge in [0.2, 0.25) is 0 Å². The number of benzene rings is 2. The van der Waals surface area contributed by atoms with Crippen molar-refractivity contribution in [2.24, 2.45) is 0 Å². The number of carbonyl (C=O) groups excluding carboxylic acids is 2. The van der Waals surface area contributed by atoms with Gasteiger partial charge in [0, 0.05) is 34.4 Å². The first-order chi connectivity index (χ1) is 11.7. The Morgan fingerprint density at radius 2 is 1.58 bits per heavy atom. The van der Waals surface area contributed by atoms with E-state index in [-0.39, 0.29) is 11.6 Å². The molecule has 0 aromatic heterocycles. The Labute approximate surface area is 141 Å². The number of fused-ring (bicyclic) bond motifs is 2. The Balaban J connectivity index is 1.88. The molecular formula is C20H19NO3. The Morgan fingerprint density at radius 1 is 0.917 bits per heavy atom. The fraction of sp³-hybridized carbons (Fsp3) is 0.300. The number of ether oxygens (including phenoxy) is 1. The smallest absolute Gasteiger partial charge is 0.194 e. The SMILES string of the molecule is COc1ccc2c(c1CN1CCCC1)C(=O)c1ccccc1C2=O. The second kappa shape index (κ2) is 5.87. The van der Waals surface area contributed by atoms with Gasteiger partial charge >= 0.3 is 0 Å². The van der Waals surface area contributed by atoms with Gasteiger partial charge in [0.15, 0.2) is 11.6 Å². The van der Waals surface area contributed by atoms with Crippen LogP contribution in [-0.4, -0.2) is 36.7 Å². The van der Waals surface area contributed by atoms with E-state index in [2.05, 4.69) is 4.90 Å². The maximum Gasteiger partial charge on any atom is 0.194 e. The lowest BCUT2D eigenvalue weighted by Crippen LogP contribution is -2.26. The van der Waals surface area contributed by atoms with E-state index in [0.29, 0.717) is 34.5 Å². The van der Waals surface area contributed by atoms with E-state index in [1.165, 1.54) is 12.8 Å². The minimum Gasteiger partial charge on any atom is -0.496 e. The third-order valence-electron chi connectivity index (χ3n) is 4.96. The number of hydrogen-bond donors (Lipinski definition) is 0. The third kappa shape index (κ3) is 2.26. The summed E-state index contributed by atoms with van der Waals surface area (Å²) in [6.45, 7) is 2.69. The molecule has 1 aliphatic heterocycles. The normalized spacial score (nSPS) is 16.9. The number of methoxy groups -OCH3 is 1. The molecular weight excluding hydrogens is 302 g/mol. The molecule has 4 nitrogen and oxygen atoms in total. The topological polar surface area (TPSA) is 46.6 Å². The van der Waals surface area contributed by atoms with Crippen molar-refractivity contribution in [2.45, 2.75) is 19.4 Å². The van der Waals surface area contributed by atoms with E-state index in [0.717, 1.165) is 18.7 Å². The lowest BCUT2D eigenvalue weighted by molar-refractivity contribution is 0.0977. The third-order valence-corrected chi connectivity index (χ3v) is 4.96. The average molecular weight is 321 g/mol. The summed E-state index contributed by atoms with van der Waals surface area (Å²) < 4.78 is 5.50. The van der Waals surface area contributed by atoms with Crippen molar-refractivity contribution in [3.05, 3.63) is 64.2 Å². The van der Waals surface area contributed by atoms with E-state index in [9.17, 15) is 9.59 Å². The lowest BCUT2D eigenvalue weighted by Gasteiger charge is -2.24. The lowest BCUT2D eigenvalue weighted by atomic mass is 9.81. The summed E-state index contributed by atoms with van der Waals surface area (Å²) in [4.78, 5) is 28.2. The summed E-state index contributed by atoms with van der Waals surface area (Å²) in [6.07, 6.45) is 2.35. The number of rotatable bonds is 3. The molecule has 2 aromatic carbocycles. The van der Waals surface area contributed by atoms with Crippen molar-refractivity contribution in [3.8, 4) is 5.75 Å². The first kappa shape index (κ1) is 15.1. The number of nitrogens with zero attached hydrogens (tertiary/aromatic N) is 1. The van der Waals surface area contributed by atoms with E-state index >= 15 is 0 Å². The van der Waals surface area contributed by atoms with Gasteiger partial charge in [0.1, 0.15) is 5.75 Å².